The van der Waals surface area contributed by atoms with E-state index in [-0.39, 0.29) is 47.4 Å². The Hall–Kier alpha value is -5.14. The van der Waals surface area contributed by atoms with Gasteiger partial charge in [0.05, 0.1) is 10.6 Å². The number of halogens is 1. The maximum Gasteiger partial charge on any atom is 0.363 e. The number of imide groups is 1. The zero-order valence-corrected chi connectivity index (χ0v) is 35.9. The number of nitrogens with zero attached hydrogens (tertiary/aromatic N) is 1. The summed E-state index contributed by atoms with van der Waals surface area (Å²) < 4.78 is 41.8. The molecule has 63 heavy (non-hydrogen) atoms. The van der Waals surface area contributed by atoms with Crippen LogP contribution in [0.4, 0.5) is 0 Å². The molecule has 10 rings (SSSR count). The monoisotopic (exact) mass is 895 g/mol. The molecule has 336 valence electrons. The Morgan fingerprint density at radius 1 is 0.778 bits per heavy atom. The van der Waals surface area contributed by atoms with Crippen molar-refractivity contribution in [1.82, 2.24) is 5.06 Å². The summed E-state index contributed by atoms with van der Waals surface area (Å²) in [5.41, 5.74) is -2.98. The van der Waals surface area contributed by atoms with Crippen LogP contribution in [0.15, 0.2) is 36.4 Å². The summed E-state index contributed by atoms with van der Waals surface area (Å²) in [4.78, 5) is 104. The lowest BCUT2D eigenvalue weighted by Crippen LogP contribution is -2.98. The van der Waals surface area contributed by atoms with E-state index in [2.05, 4.69) is 0 Å². The molecule has 19 heteroatoms. The summed E-state index contributed by atoms with van der Waals surface area (Å²) in [7, 11) is 1.53. The number of methoxy groups -OCH3 is 1. The van der Waals surface area contributed by atoms with Crippen molar-refractivity contribution >= 4 is 53.3 Å². The highest BCUT2D eigenvalue weighted by Crippen LogP contribution is 2.70. The molecular formula is C44H46ClNO17. The van der Waals surface area contributed by atoms with Gasteiger partial charge in [-0.25, -0.2) is 9.68 Å². The van der Waals surface area contributed by atoms with Crippen molar-refractivity contribution in [2.45, 2.75) is 120 Å². The Labute approximate surface area is 365 Å². The maximum absolute atomic E-state index is 12.9. The van der Waals surface area contributed by atoms with E-state index in [0.717, 1.165) is 53.4 Å². The number of carbonyl (C=O) groups is 7. The van der Waals surface area contributed by atoms with Gasteiger partial charge in [-0.15, -0.1) is 5.06 Å². The zero-order valence-electron chi connectivity index (χ0n) is 35.1. The number of amides is 2. The molecule has 4 bridgehead atoms. The van der Waals surface area contributed by atoms with Crippen molar-refractivity contribution in [3.8, 4) is 5.75 Å². The molecular weight excluding hydrogens is 850 g/mol. The summed E-state index contributed by atoms with van der Waals surface area (Å²) in [5, 5.41) is 0.521. The molecule has 8 aliphatic rings. The summed E-state index contributed by atoms with van der Waals surface area (Å²) in [6, 6.07) is 9.81. The average Bonchev–Trinajstić information content (AvgIpc) is 3.52. The predicted molar refractivity (Wildman–Crippen MR) is 208 cm³/mol. The Kier molecular flexibility index (Phi) is 10.6. The number of hydroxylamine groups is 2. The zero-order chi connectivity index (χ0) is 44.8. The van der Waals surface area contributed by atoms with Crippen LogP contribution < -0.4 is 4.74 Å². The highest BCUT2D eigenvalue weighted by Gasteiger charge is 2.92. The predicted octanol–water partition coefficient (Wildman–Crippen LogP) is 4.32. The fraction of sp³-hybridized carbons (Fsp3) is 0.568. The van der Waals surface area contributed by atoms with E-state index < -0.39 is 89.4 Å². The molecule has 4 unspecified atom stereocenters. The van der Waals surface area contributed by atoms with E-state index in [4.69, 9.17) is 59.4 Å². The van der Waals surface area contributed by atoms with Crippen molar-refractivity contribution in [3.63, 3.8) is 0 Å². The number of carbonyl (C=O) groups excluding carboxylic acids is 7. The van der Waals surface area contributed by atoms with E-state index in [9.17, 15) is 33.6 Å². The largest absolute Gasteiger partial charge is 0.462 e. The quantitative estimate of drug-likeness (QED) is 0.118. The number of fused-ring (bicyclic) bond motifs is 1. The van der Waals surface area contributed by atoms with Crippen LogP contribution in [-0.2, 0) is 84.0 Å². The Balaban J connectivity index is 1.10. The van der Waals surface area contributed by atoms with Crippen molar-refractivity contribution in [1.29, 1.82) is 0 Å². The van der Waals surface area contributed by atoms with Crippen molar-refractivity contribution < 1.29 is 81.3 Å². The van der Waals surface area contributed by atoms with E-state index in [1.54, 1.807) is 18.2 Å². The molecule has 3 heterocycles. The second-order valence-corrected chi connectivity index (χ2v) is 17.9. The lowest BCUT2D eigenvalue weighted by Gasteiger charge is -2.71. The summed E-state index contributed by atoms with van der Waals surface area (Å²) in [6.45, 7) is 3.94. The van der Waals surface area contributed by atoms with Gasteiger partial charge in [0, 0.05) is 53.2 Å². The van der Waals surface area contributed by atoms with Crippen LogP contribution in [0.1, 0.15) is 99.7 Å². The standard InChI is InChI=1S/C44H46ClNO17/c1-21(47)55-20-41-37(56-22(2)48)38(57-23(3)49)43(41,59-24(4)50)40(60-41)58-33-19-28(12-25-6-8-29(9-7-25)39(53)61-46-34(51)10-11-35(46)52)18-32(36(33)45)44(54-5)42(62-63-44)30-14-26-13-27(16-30)17-31(42)15-26/h6-9,18-19,26-27,30-31,37-38,40H,10-17,20H2,1-5H3/t26?,27?,30?,31?,37-,38?,40-,41?,42?,43?,44?/m1/s1. The number of hydrogen-bond acceptors (Lipinski definition) is 17. The van der Waals surface area contributed by atoms with E-state index >= 15 is 0 Å². The number of esters is 4. The molecule has 5 saturated carbocycles. The molecule has 2 aromatic rings. The lowest BCUT2D eigenvalue weighted by molar-refractivity contribution is -0.645. The number of hydrogen-bond donors (Lipinski definition) is 0. The van der Waals surface area contributed by atoms with Crippen LogP contribution in [0.3, 0.4) is 0 Å². The molecule has 1 spiro atoms. The Bertz CT molecular complexity index is 2250. The van der Waals surface area contributed by atoms with Gasteiger partial charge in [-0.2, -0.15) is 4.89 Å². The van der Waals surface area contributed by atoms with Crippen LogP contribution in [0.25, 0.3) is 0 Å². The van der Waals surface area contributed by atoms with Gasteiger partial charge >= 0.3 is 29.8 Å². The average molecular weight is 896 g/mol. The molecule has 18 nitrogen and oxygen atoms in total. The van der Waals surface area contributed by atoms with Crippen LogP contribution in [0.2, 0.25) is 5.02 Å². The highest BCUT2D eigenvalue weighted by atomic mass is 35.5. The smallest absolute Gasteiger partial charge is 0.363 e. The minimum absolute atomic E-state index is 0.00493. The first kappa shape index (κ1) is 43.1. The molecule has 8 fully saturated rings. The minimum Gasteiger partial charge on any atom is -0.462 e. The maximum atomic E-state index is 12.9. The molecule has 0 N–H and O–H groups in total. The number of rotatable bonds is 13. The van der Waals surface area contributed by atoms with Crippen LogP contribution >= 0.6 is 11.6 Å². The summed E-state index contributed by atoms with van der Waals surface area (Å²) >= 11 is 7.40. The molecule has 3 saturated heterocycles. The SMILES string of the molecule is COC1(c2cc(Cc3ccc(C(=O)ON4C(=O)CCC4=O)cc3)cc(O[C@@H]3OC4(COC(C)=O)[C@H](OC(C)=O)C(OC(C)=O)C34OC(C)=O)c2Cl)OOC12C1CC3CC(C1)CC2C3. The summed E-state index contributed by atoms with van der Waals surface area (Å²) in [5.74, 6) is -5.38. The van der Waals surface area contributed by atoms with E-state index in [1.807, 2.05) is 6.07 Å². The van der Waals surface area contributed by atoms with Crippen molar-refractivity contribution in [3.05, 3.63) is 63.7 Å². The molecule has 0 radical (unpaired) electrons. The number of benzene rings is 2. The van der Waals surface area contributed by atoms with Gasteiger partial charge in [-0.1, -0.05) is 23.7 Å². The van der Waals surface area contributed by atoms with Gasteiger partial charge in [0.15, 0.2) is 23.4 Å². The molecule has 3 aliphatic heterocycles. The van der Waals surface area contributed by atoms with Crippen molar-refractivity contribution in [2.75, 3.05) is 13.7 Å². The van der Waals surface area contributed by atoms with Gasteiger partial charge in [0.1, 0.15) is 12.4 Å². The molecule has 0 aromatic heterocycles. The molecule has 2 aromatic carbocycles. The normalized spacial score (nSPS) is 35.5. The second-order valence-electron chi connectivity index (χ2n) is 17.6. The minimum atomic E-state index is -2.02. The second kappa shape index (κ2) is 15.5. The Morgan fingerprint density at radius 3 is 1.94 bits per heavy atom. The van der Waals surface area contributed by atoms with Gasteiger partial charge < -0.3 is 38.0 Å². The van der Waals surface area contributed by atoms with Gasteiger partial charge in [0.25, 0.3) is 17.6 Å². The van der Waals surface area contributed by atoms with Crippen molar-refractivity contribution in [2.24, 2.45) is 23.7 Å². The highest BCUT2D eigenvalue weighted by molar-refractivity contribution is 6.33. The summed E-state index contributed by atoms with van der Waals surface area (Å²) in [6.07, 6.45) is 0.597. The third-order valence-electron chi connectivity index (χ3n) is 13.8. The lowest BCUT2D eigenvalue weighted by atomic mass is 9.47. The van der Waals surface area contributed by atoms with E-state index in [1.165, 1.54) is 25.7 Å². The van der Waals surface area contributed by atoms with Gasteiger partial charge in [0.2, 0.25) is 11.9 Å². The van der Waals surface area contributed by atoms with Gasteiger partial charge in [-0.05, 0) is 97.6 Å². The third-order valence-corrected chi connectivity index (χ3v) is 14.2. The third kappa shape index (κ3) is 6.53. The van der Waals surface area contributed by atoms with Crippen LogP contribution in [0, 0.1) is 23.7 Å². The molecule has 5 aliphatic carbocycles. The first-order chi connectivity index (χ1) is 30.0. The number of ether oxygens (including phenoxy) is 7. The molecule has 6 atom stereocenters. The fourth-order valence-corrected chi connectivity index (χ4v) is 11.8. The first-order valence-corrected chi connectivity index (χ1v) is 21.3. The van der Waals surface area contributed by atoms with E-state index in [0.29, 0.717) is 33.6 Å². The topological polar surface area (TPSA) is 215 Å². The Morgan fingerprint density at radius 2 is 1.40 bits per heavy atom. The van der Waals surface area contributed by atoms with Crippen LogP contribution in [0.5, 0.6) is 5.75 Å². The first-order valence-electron chi connectivity index (χ1n) is 20.9. The van der Waals surface area contributed by atoms with Gasteiger partial charge in [-0.3, -0.25) is 28.8 Å². The van der Waals surface area contributed by atoms with Crippen LogP contribution in [-0.4, -0.2) is 95.7 Å². The molecule has 2 amide bonds. The fourth-order valence-electron chi connectivity index (χ4n) is 11.5.